The molecule has 10 nitrogen and oxygen atoms in total. The van der Waals surface area contributed by atoms with Crippen LogP contribution in [0.1, 0.15) is 10.4 Å². The van der Waals surface area contributed by atoms with E-state index in [9.17, 15) is 4.79 Å². The highest BCUT2D eigenvalue weighted by atomic mass is 16.3. The SMILES string of the molecule is O=C(Nc1cncc(-c2ccc3[nH]nc(-c4nc5c(-c6ccoc6)ccnc5[nH]4)c3n2)c1)c1ccccc1. The summed E-state index contributed by atoms with van der Waals surface area (Å²) in [6, 6.07) is 18.4. The number of rotatable bonds is 5. The molecular weight excluding hydrogens is 480 g/mol. The molecule has 1 amide bonds. The number of aromatic amines is 2. The van der Waals surface area contributed by atoms with Crippen LogP contribution in [0.3, 0.4) is 0 Å². The van der Waals surface area contributed by atoms with E-state index in [-0.39, 0.29) is 5.91 Å². The van der Waals surface area contributed by atoms with Crippen molar-refractivity contribution >= 4 is 33.8 Å². The van der Waals surface area contributed by atoms with Crippen LogP contribution in [0.4, 0.5) is 5.69 Å². The maximum atomic E-state index is 12.6. The quantitative estimate of drug-likeness (QED) is 0.286. The maximum Gasteiger partial charge on any atom is 0.255 e. The minimum Gasteiger partial charge on any atom is -0.472 e. The number of carbonyl (C=O) groups excluding carboxylic acids is 1. The summed E-state index contributed by atoms with van der Waals surface area (Å²) in [4.78, 5) is 34.2. The number of furan rings is 1. The molecule has 6 heterocycles. The summed E-state index contributed by atoms with van der Waals surface area (Å²) in [5.41, 5.74) is 7.69. The lowest BCUT2D eigenvalue weighted by Gasteiger charge is -2.07. The maximum absolute atomic E-state index is 12.6. The van der Waals surface area contributed by atoms with Gasteiger partial charge < -0.3 is 14.7 Å². The van der Waals surface area contributed by atoms with Crippen LogP contribution < -0.4 is 5.32 Å². The summed E-state index contributed by atoms with van der Waals surface area (Å²) in [5.74, 6) is 0.333. The number of pyridine rings is 3. The second-order valence-electron chi connectivity index (χ2n) is 8.60. The van der Waals surface area contributed by atoms with Crippen molar-refractivity contribution in [1.29, 1.82) is 0 Å². The van der Waals surface area contributed by atoms with Gasteiger partial charge in [0, 0.05) is 34.6 Å². The molecule has 10 heteroatoms. The number of anilines is 1. The molecule has 0 aliphatic carbocycles. The lowest BCUT2D eigenvalue weighted by Crippen LogP contribution is -2.11. The zero-order valence-corrected chi connectivity index (χ0v) is 19.7. The normalized spacial score (nSPS) is 11.3. The molecule has 0 unspecified atom stereocenters. The van der Waals surface area contributed by atoms with Crippen LogP contribution >= 0.6 is 0 Å². The van der Waals surface area contributed by atoms with E-state index in [1.807, 2.05) is 48.5 Å². The van der Waals surface area contributed by atoms with Gasteiger partial charge in [-0.05, 0) is 42.5 Å². The molecule has 0 aliphatic rings. The second kappa shape index (κ2) is 8.79. The van der Waals surface area contributed by atoms with Crippen molar-refractivity contribution in [2.75, 3.05) is 5.32 Å². The van der Waals surface area contributed by atoms with Gasteiger partial charge in [-0.1, -0.05) is 18.2 Å². The van der Waals surface area contributed by atoms with Crippen molar-refractivity contribution in [3.05, 3.63) is 97.3 Å². The van der Waals surface area contributed by atoms with E-state index in [2.05, 4.69) is 30.5 Å². The van der Waals surface area contributed by atoms with Gasteiger partial charge in [0.05, 0.1) is 35.6 Å². The monoisotopic (exact) mass is 498 g/mol. The van der Waals surface area contributed by atoms with Gasteiger partial charge in [-0.3, -0.25) is 14.9 Å². The summed E-state index contributed by atoms with van der Waals surface area (Å²) in [5, 5.41) is 10.4. The number of hydrogen-bond acceptors (Lipinski definition) is 7. The third-order valence-electron chi connectivity index (χ3n) is 6.18. The van der Waals surface area contributed by atoms with Crippen LogP contribution in [0.15, 0.2) is 96.2 Å². The zero-order valence-electron chi connectivity index (χ0n) is 19.7. The Hall–Kier alpha value is -5.64. The minimum absolute atomic E-state index is 0.210. The standard InChI is InChI=1S/C28H18N8O2/c37-28(16-4-2-1-3-5-16)31-19-12-18(13-29-14-19)21-6-7-22-24(32-21)25(36-35-22)27-33-23-20(17-9-11-38-15-17)8-10-30-26(23)34-27/h1-15H,(H,31,37)(H,35,36)(H,30,33,34). The summed E-state index contributed by atoms with van der Waals surface area (Å²) < 4.78 is 5.25. The molecule has 0 bridgehead atoms. The zero-order chi connectivity index (χ0) is 25.5. The molecule has 182 valence electrons. The Balaban J connectivity index is 1.25. The highest BCUT2D eigenvalue weighted by Gasteiger charge is 2.18. The first kappa shape index (κ1) is 21.6. The first-order valence-electron chi connectivity index (χ1n) is 11.8. The molecule has 6 aromatic heterocycles. The van der Waals surface area contributed by atoms with Crippen molar-refractivity contribution in [2.45, 2.75) is 0 Å². The van der Waals surface area contributed by atoms with Crippen molar-refractivity contribution in [3.63, 3.8) is 0 Å². The van der Waals surface area contributed by atoms with E-state index in [0.29, 0.717) is 45.1 Å². The number of carbonyl (C=O) groups is 1. The Morgan fingerprint density at radius 2 is 1.84 bits per heavy atom. The Labute approximate surface area is 214 Å². The molecule has 0 saturated heterocycles. The van der Waals surface area contributed by atoms with E-state index in [0.717, 1.165) is 22.2 Å². The highest BCUT2D eigenvalue weighted by molar-refractivity contribution is 6.04. The molecule has 7 aromatic rings. The third kappa shape index (κ3) is 3.77. The Bertz CT molecular complexity index is 1920. The number of fused-ring (bicyclic) bond motifs is 2. The van der Waals surface area contributed by atoms with Gasteiger partial charge in [0.25, 0.3) is 5.91 Å². The largest absolute Gasteiger partial charge is 0.472 e. The molecule has 38 heavy (non-hydrogen) atoms. The molecule has 0 aliphatic heterocycles. The number of H-pyrrole nitrogens is 2. The van der Waals surface area contributed by atoms with E-state index in [4.69, 9.17) is 14.4 Å². The highest BCUT2D eigenvalue weighted by Crippen LogP contribution is 2.31. The Kier molecular flexibility index (Phi) is 5.00. The average molecular weight is 499 g/mol. The molecular formula is C28H18N8O2. The van der Waals surface area contributed by atoms with E-state index in [1.54, 1.807) is 43.2 Å². The van der Waals surface area contributed by atoms with Crippen molar-refractivity contribution in [2.24, 2.45) is 0 Å². The first-order chi connectivity index (χ1) is 18.7. The lowest BCUT2D eigenvalue weighted by atomic mass is 10.1. The molecule has 0 radical (unpaired) electrons. The van der Waals surface area contributed by atoms with Gasteiger partial charge in [-0.15, -0.1) is 0 Å². The van der Waals surface area contributed by atoms with E-state index in [1.165, 1.54) is 0 Å². The third-order valence-corrected chi connectivity index (χ3v) is 6.18. The molecule has 0 atom stereocenters. The minimum atomic E-state index is -0.210. The number of hydrogen-bond donors (Lipinski definition) is 3. The number of nitrogens with one attached hydrogen (secondary N) is 3. The fourth-order valence-corrected chi connectivity index (χ4v) is 4.34. The number of nitrogens with zero attached hydrogens (tertiary/aromatic N) is 5. The average Bonchev–Trinajstić information content (AvgIpc) is 3.73. The molecule has 0 fully saturated rings. The van der Waals surface area contributed by atoms with E-state index >= 15 is 0 Å². The Morgan fingerprint density at radius 3 is 2.71 bits per heavy atom. The first-order valence-corrected chi connectivity index (χ1v) is 11.8. The van der Waals surface area contributed by atoms with Crippen LogP contribution in [0.25, 0.3) is 56.1 Å². The van der Waals surface area contributed by atoms with Gasteiger partial charge in [0.15, 0.2) is 17.2 Å². The summed E-state index contributed by atoms with van der Waals surface area (Å²) in [6.45, 7) is 0. The van der Waals surface area contributed by atoms with E-state index < -0.39 is 0 Å². The van der Waals surface area contributed by atoms with Crippen molar-refractivity contribution < 1.29 is 9.21 Å². The number of amides is 1. The van der Waals surface area contributed by atoms with Gasteiger partial charge in [0.2, 0.25) is 0 Å². The predicted octanol–water partition coefficient (Wildman–Crippen LogP) is 5.47. The van der Waals surface area contributed by atoms with Crippen LogP contribution in [0.2, 0.25) is 0 Å². The van der Waals surface area contributed by atoms with Crippen molar-refractivity contribution in [1.82, 2.24) is 35.1 Å². The topological polar surface area (TPSA) is 138 Å². The summed E-state index contributed by atoms with van der Waals surface area (Å²) >= 11 is 0. The molecule has 0 spiro atoms. The number of aromatic nitrogens is 7. The second-order valence-corrected chi connectivity index (χ2v) is 8.60. The van der Waals surface area contributed by atoms with Crippen LogP contribution in [-0.2, 0) is 0 Å². The Morgan fingerprint density at radius 1 is 0.921 bits per heavy atom. The van der Waals surface area contributed by atoms with Crippen LogP contribution in [-0.4, -0.2) is 41.0 Å². The fourth-order valence-electron chi connectivity index (χ4n) is 4.34. The predicted molar refractivity (Wildman–Crippen MR) is 142 cm³/mol. The van der Waals surface area contributed by atoms with Gasteiger partial charge in [-0.25, -0.2) is 15.0 Å². The van der Waals surface area contributed by atoms with Crippen molar-refractivity contribution in [3.8, 4) is 33.9 Å². The lowest BCUT2D eigenvalue weighted by molar-refractivity contribution is 0.102. The number of imidazole rings is 1. The van der Waals surface area contributed by atoms with Crippen LogP contribution in [0, 0.1) is 0 Å². The molecule has 0 saturated carbocycles. The fraction of sp³-hybridized carbons (Fsp3) is 0. The van der Waals surface area contributed by atoms with Crippen LogP contribution in [0.5, 0.6) is 0 Å². The van der Waals surface area contributed by atoms with Gasteiger partial charge >= 0.3 is 0 Å². The molecule has 3 N–H and O–H groups in total. The summed E-state index contributed by atoms with van der Waals surface area (Å²) in [6.07, 6.45) is 8.33. The molecule has 7 rings (SSSR count). The number of benzene rings is 1. The van der Waals surface area contributed by atoms with Gasteiger partial charge in [0.1, 0.15) is 11.0 Å². The van der Waals surface area contributed by atoms with Gasteiger partial charge in [-0.2, -0.15) is 5.10 Å². The smallest absolute Gasteiger partial charge is 0.255 e. The summed E-state index contributed by atoms with van der Waals surface area (Å²) in [7, 11) is 0. The molecule has 1 aromatic carbocycles.